The van der Waals surface area contributed by atoms with Gasteiger partial charge in [-0.25, -0.2) is 18.0 Å². The molecule has 0 spiro atoms. The zero-order valence-electron chi connectivity index (χ0n) is 21.0. The van der Waals surface area contributed by atoms with Crippen molar-refractivity contribution in [1.82, 2.24) is 0 Å². The Morgan fingerprint density at radius 2 is 1.47 bits per heavy atom. The van der Waals surface area contributed by atoms with Crippen molar-refractivity contribution < 1.29 is 32.2 Å². The van der Waals surface area contributed by atoms with Gasteiger partial charge in [0.2, 0.25) is 0 Å². The van der Waals surface area contributed by atoms with Crippen LogP contribution in [0.25, 0.3) is 0 Å². The molecule has 4 nitrogen and oxygen atoms in total. The van der Waals surface area contributed by atoms with Crippen molar-refractivity contribution >= 4 is 5.97 Å². The lowest BCUT2D eigenvalue weighted by Crippen LogP contribution is -2.25. The molecule has 0 aliphatic heterocycles. The van der Waals surface area contributed by atoms with E-state index in [1.165, 1.54) is 18.2 Å². The van der Waals surface area contributed by atoms with Crippen LogP contribution in [0, 0.1) is 17.5 Å². The Balaban J connectivity index is 1.33. The molecule has 2 fully saturated rings. The van der Waals surface area contributed by atoms with Crippen LogP contribution in [-0.2, 0) is 9.47 Å². The van der Waals surface area contributed by atoms with Gasteiger partial charge in [-0.2, -0.15) is 0 Å². The largest absolute Gasteiger partial charge is 0.491 e. The summed E-state index contributed by atoms with van der Waals surface area (Å²) in [5.74, 6) is -3.00. The highest BCUT2D eigenvalue weighted by Gasteiger charge is 2.30. The SMILES string of the molecule is CCOc1ccc(C2CCC(OC(=O)c3ccc(C4CCC(OCC)CC4)c(F)c3F)CC2)cc1F. The molecule has 2 aromatic carbocycles. The third-order valence-corrected chi connectivity index (χ3v) is 7.52. The van der Waals surface area contributed by atoms with Crippen molar-refractivity contribution in [3.63, 3.8) is 0 Å². The average molecular weight is 505 g/mol. The molecule has 2 aromatic rings. The van der Waals surface area contributed by atoms with Gasteiger partial charge in [0, 0.05) is 6.61 Å². The van der Waals surface area contributed by atoms with Gasteiger partial charge in [0.25, 0.3) is 0 Å². The van der Waals surface area contributed by atoms with Gasteiger partial charge in [0.05, 0.1) is 18.3 Å². The summed E-state index contributed by atoms with van der Waals surface area (Å²) >= 11 is 0. The van der Waals surface area contributed by atoms with Crippen molar-refractivity contribution in [3.8, 4) is 5.75 Å². The van der Waals surface area contributed by atoms with Crippen LogP contribution in [0.3, 0.4) is 0 Å². The Kier molecular flexibility index (Phi) is 8.94. The molecule has 0 amide bonds. The molecule has 0 heterocycles. The highest BCUT2D eigenvalue weighted by molar-refractivity contribution is 5.90. The van der Waals surface area contributed by atoms with E-state index in [2.05, 4.69) is 0 Å². The van der Waals surface area contributed by atoms with E-state index in [9.17, 15) is 18.0 Å². The first-order chi connectivity index (χ1) is 17.4. The summed E-state index contributed by atoms with van der Waals surface area (Å²) < 4.78 is 60.5. The molecule has 196 valence electrons. The summed E-state index contributed by atoms with van der Waals surface area (Å²) in [7, 11) is 0. The van der Waals surface area contributed by atoms with Crippen LogP contribution in [-0.4, -0.2) is 31.4 Å². The first-order valence-corrected chi connectivity index (χ1v) is 13.1. The van der Waals surface area contributed by atoms with Gasteiger partial charge in [0.1, 0.15) is 6.10 Å². The topological polar surface area (TPSA) is 44.8 Å². The number of carbonyl (C=O) groups is 1. The van der Waals surface area contributed by atoms with Gasteiger partial charge in [-0.3, -0.25) is 0 Å². The highest BCUT2D eigenvalue weighted by Crippen LogP contribution is 2.38. The van der Waals surface area contributed by atoms with E-state index < -0.39 is 17.6 Å². The highest BCUT2D eigenvalue weighted by atomic mass is 19.2. The molecule has 2 saturated carbocycles. The summed E-state index contributed by atoms with van der Waals surface area (Å²) in [4.78, 5) is 12.7. The number of rotatable bonds is 8. The number of carbonyl (C=O) groups excluding carboxylic acids is 1. The smallest absolute Gasteiger partial charge is 0.341 e. The molecule has 0 saturated heterocycles. The summed E-state index contributed by atoms with van der Waals surface area (Å²) in [5, 5.41) is 0. The van der Waals surface area contributed by atoms with Crippen LogP contribution < -0.4 is 4.74 Å². The lowest BCUT2D eigenvalue weighted by molar-refractivity contribution is 0.0189. The van der Waals surface area contributed by atoms with E-state index >= 15 is 0 Å². The standard InChI is InChI=1S/C29H35F3O4/c1-3-34-21-10-7-19(8-11-21)23-14-15-24(28(32)27(23)31)29(33)36-22-12-5-18(6-13-22)20-9-16-26(35-4-2)25(30)17-20/h9,14-19,21-22H,3-8,10-13H2,1-2H3. The molecule has 7 heteroatoms. The van der Waals surface area contributed by atoms with Gasteiger partial charge in [-0.15, -0.1) is 0 Å². The monoisotopic (exact) mass is 504 g/mol. The second kappa shape index (κ2) is 12.1. The third-order valence-electron chi connectivity index (χ3n) is 7.52. The summed E-state index contributed by atoms with van der Waals surface area (Å²) in [6.07, 6.45) is 5.47. The molecule has 0 bridgehead atoms. The fourth-order valence-electron chi connectivity index (χ4n) is 5.59. The molecule has 4 rings (SSSR count). The van der Waals surface area contributed by atoms with Gasteiger partial charge < -0.3 is 14.2 Å². The summed E-state index contributed by atoms with van der Waals surface area (Å²) in [5.41, 5.74) is 0.844. The Bertz CT molecular complexity index is 1040. The summed E-state index contributed by atoms with van der Waals surface area (Å²) in [6, 6.07) is 7.89. The second-order valence-electron chi connectivity index (χ2n) is 9.76. The molecule has 0 radical (unpaired) electrons. The summed E-state index contributed by atoms with van der Waals surface area (Å²) in [6.45, 7) is 4.81. The molecule has 0 N–H and O–H groups in total. The maximum atomic E-state index is 14.9. The third kappa shape index (κ3) is 6.05. The maximum absolute atomic E-state index is 14.9. The van der Waals surface area contributed by atoms with Crippen LogP contribution >= 0.6 is 0 Å². The normalized spacial score (nSPS) is 24.4. The molecule has 2 aliphatic carbocycles. The van der Waals surface area contributed by atoms with E-state index in [-0.39, 0.29) is 41.2 Å². The molecular weight excluding hydrogens is 469 g/mol. The minimum Gasteiger partial charge on any atom is -0.491 e. The number of benzene rings is 2. The van der Waals surface area contributed by atoms with E-state index in [0.29, 0.717) is 44.5 Å². The van der Waals surface area contributed by atoms with Crippen LogP contribution in [0.5, 0.6) is 5.75 Å². The van der Waals surface area contributed by atoms with E-state index in [1.54, 1.807) is 13.0 Å². The molecule has 2 aliphatic rings. The fraction of sp³-hybridized carbons (Fsp3) is 0.552. The van der Waals surface area contributed by atoms with Crippen LogP contribution in [0.4, 0.5) is 13.2 Å². The van der Waals surface area contributed by atoms with Gasteiger partial charge in [-0.05, 0) is 106 Å². The zero-order chi connectivity index (χ0) is 25.7. The molecule has 0 aromatic heterocycles. The Labute approximate surface area is 211 Å². The number of halogens is 3. The second-order valence-corrected chi connectivity index (χ2v) is 9.76. The predicted molar refractivity (Wildman–Crippen MR) is 131 cm³/mol. The number of hydrogen-bond acceptors (Lipinski definition) is 4. The zero-order valence-corrected chi connectivity index (χ0v) is 21.0. The first-order valence-electron chi connectivity index (χ1n) is 13.1. The number of hydrogen-bond donors (Lipinski definition) is 0. The van der Waals surface area contributed by atoms with Crippen molar-refractivity contribution in [2.75, 3.05) is 13.2 Å². The molecule has 0 atom stereocenters. The number of esters is 1. The van der Waals surface area contributed by atoms with Gasteiger partial charge in [0.15, 0.2) is 23.2 Å². The fourth-order valence-corrected chi connectivity index (χ4v) is 5.59. The van der Waals surface area contributed by atoms with Crippen LogP contribution in [0.15, 0.2) is 30.3 Å². The average Bonchev–Trinajstić information content (AvgIpc) is 2.88. The van der Waals surface area contributed by atoms with Crippen molar-refractivity contribution in [3.05, 3.63) is 64.5 Å². The maximum Gasteiger partial charge on any atom is 0.341 e. The van der Waals surface area contributed by atoms with Crippen molar-refractivity contribution in [2.24, 2.45) is 0 Å². The van der Waals surface area contributed by atoms with E-state index in [4.69, 9.17) is 14.2 Å². The van der Waals surface area contributed by atoms with Gasteiger partial charge in [-0.1, -0.05) is 12.1 Å². The van der Waals surface area contributed by atoms with E-state index in [1.807, 2.05) is 13.0 Å². The van der Waals surface area contributed by atoms with Crippen LogP contribution in [0.2, 0.25) is 0 Å². The van der Waals surface area contributed by atoms with E-state index in [0.717, 1.165) is 31.2 Å². The van der Waals surface area contributed by atoms with Crippen LogP contribution in [0.1, 0.15) is 98.5 Å². The Morgan fingerprint density at radius 3 is 2.11 bits per heavy atom. The lowest BCUT2D eigenvalue weighted by Gasteiger charge is -2.29. The number of ether oxygens (including phenoxy) is 3. The van der Waals surface area contributed by atoms with Crippen molar-refractivity contribution in [2.45, 2.75) is 89.3 Å². The minimum atomic E-state index is -1.14. The molecular formula is C29H35F3O4. The van der Waals surface area contributed by atoms with Gasteiger partial charge >= 0.3 is 5.97 Å². The lowest BCUT2D eigenvalue weighted by atomic mass is 9.82. The van der Waals surface area contributed by atoms with Crippen molar-refractivity contribution in [1.29, 1.82) is 0 Å². The quantitative estimate of drug-likeness (QED) is 0.350. The minimum absolute atomic E-state index is 0.0796. The Morgan fingerprint density at radius 1 is 0.806 bits per heavy atom. The molecule has 0 unspecified atom stereocenters. The molecule has 36 heavy (non-hydrogen) atoms. The first kappa shape index (κ1) is 26.5. The Hall–Kier alpha value is -2.54. The predicted octanol–water partition coefficient (Wildman–Crippen LogP) is 7.45.